The van der Waals surface area contributed by atoms with Gasteiger partial charge in [0.05, 0.1) is 28.8 Å². The number of thiazole rings is 1. The van der Waals surface area contributed by atoms with Crippen LogP contribution in [0.25, 0.3) is 22.2 Å². The van der Waals surface area contributed by atoms with Gasteiger partial charge in [0.25, 0.3) is 0 Å². The third-order valence-electron chi connectivity index (χ3n) is 4.56. The first-order chi connectivity index (χ1) is 13.5. The zero-order chi connectivity index (χ0) is 19.8. The van der Waals surface area contributed by atoms with E-state index in [0.717, 1.165) is 0 Å². The quantitative estimate of drug-likeness (QED) is 0.473. The van der Waals surface area contributed by atoms with E-state index in [0.29, 0.717) is 16.6 Å². The van der Waals surface area contributed by atoms with Crippen molar-refractivity contribution in [1.82, 2.24) is 4.98 Å². The van der Waals surface area contributed by atoms with Gasteiger partial charge in [0.2, 0.25) is 11.7 Å². The number of ether oxygens (including phenoxy) is 2. The van der Waals surface area contributed by atoms with E-state index in [1.54, 1.807) is 10.9 Å². The molecule has 4 rings (SSSR count). The highest BCUT2D eigenvalue weighted by molar-refractivity contribution is 7.07. The molecule has 3 aromatic rings. The lowest BCUT2D eigenvalue weighted by Gasteiger charge is -2.39. The minimum Gasteiger partial charge on any atom is -0.463 e. The largest absolute Gasteiger partial charge is 0.463 e. The van der Waals surface area contributed by atoms with Gasteiger partial charge in [-0.25, -0.2) is 4.98 Å². The number of aliphatic hydroxyl groups excluding tert-OH is 4. The fourth-order valence-corrected chi connectivity index (χ4v) is 3.56. The summed E-state index contributed by atoms with van der Waals surface area (Å²) in [4.78, 5) is 16.8. The molecule has 1 aromatic carbocycles. The van der Waals surface area contributed by atoms with E-state index < -0.39 is 37.3 Å². The van der Waals surface area contributed by atoms with Crippen LogP contribution in [0.1, 0.15) is 0 Å². The van der Waals surface area contributed by atoms with Gasteiger partial charge in [0.1, 0.15) is 42.0 Å². The summed E-state index contributed by atoms with van der Waals surface area (Å²) in [7, 11) is 0. The van der Waals surface area contributed by atoms with E-state index in [-0.39, 0.29) is 16.8 Å². The van der Waals surface area contributed by atoms with E-state index >= 15 is 0 Å². The number of benzene rings is 1. The Hall–Kier alpha value is -2.34. The van der Waals surface area contributed by atoms with Gasteiger partial charge >= 0.3 is 0 Å². The maximum atomic E-state index is 12.7. The van der Waals surface area contributed by atoms with Crippen LogP contribution in [0.5, 0.6) is 5.75 Å². The Bertz CT molecular complexity index is 1020. The number of hydrogen-bond donors (Lipinski definition) is 4. The molecule has 1 fully saturated rings. The first kappa shape index (κ1) is 19.0. The van der Waals surface area contributed by atoms with Crippen LogP contribution in [0.3, 0.4) is 0 Å². The van der Waals surface area contributed by atoms with Gasteiger partial charge in [-0.3, -0.25) is 4.79 Å². The zero-order valence-electron chi connectivity index (χ0n) is 14.3. The molecule has 10 heteroatoms. The maximum Gasteiger partial charge on any atom is 0.229 e. The van der Waals surface area contributed by atoms with Crippen LogP contribution in [-0.4, -0.2) is 62.7 Å². The summed E-state index contributed by atoms with van der Waals surface area (Å²) in [5, 5.41) is 41.0. The van der Waals surface area contributed by atoms with Gasteiger partial charge in [-0.05, 0) is 12.1 Å². The summed E-state index contributed by atoms with van der Waals surface area (Å²) in [6, 6.07) is 4.45. The average Bonchev–Trinajstić information content (AvgIpc) is 3.23. The molecule has 1 aliphatic heterocycles. The second-order valence-corrected chi connectivity index (χ2v) is 7.04. The Balaban J connectivity index is 1.62. The molecule has 1 aliphatic rings. The summed E-state index contributed by atoms with van der Waals surface area (Å²) >= 11 is 1.37. The van der Waals surface area contributed by atoms with Crippen molar-refractivity contribution in [2.24, 2.45) is 0 Å². The fourth-order valence-electron chi connectivity index (χ4n) is 3.00. The number of nitrogens with zero attached hydrogens (tertiary/aromatic N) is 1. The molecule has 1 saturated heterocycles. The smallest absolute Gasteiger partial charge is 0.229 e. The van der Waals surface area contributed by atoms with Crippen LogP contribution in [0.2, 0.25) is 0 Å². The molecule has 0 radical (unpaired) electrons. The third-order valence-corrected chi connectivity index (χ3v) is 5.14. The first-order valence-electron chi connectivity index (χ1n) is 8.41. The summed E-state index contributed by atoms with van der Waals surface area (Å²) in [6.07, 6.45) is -5.64. The molecule has 0 spiro atoms. The van der Waals surface area contributed by atoms with Crippen molar-refractivity contribution in [1.29, 1.82) is 0 Å². The molecule has 0 saturated carbocycles. The third kappa shape index (κ3) is 3.30. The second-order valence-electron chi connectivity index (χ2n) is 6.33. The van der Waals surface area contributed by atoms with E-state index in [2.05, 4.69) is 4.98 Å². The molecule has 5 atom stereocenters. The lowest BCUT2D eigenvalue weighted by atomic mass is 9.99. The number of aliphatic hydroxyl groups is 4. The Labute approximate surface area is 162 Å². The predicted molar refractivity (Wildman–Crippen MR) is 98.0 cm³/mol. The first-order valence-corrected chi connectivity index (χ1v) is 9.35. The van der Waals surface area contributed by atoms with Crippen LogP contribution in [0, 0.1) is 0 Å². The molecule has 3 heterocycles. The Morgan fingerprint density at radius 3 is 2.71 bits per heavy atom. The number of fused-ring (bicyclic) bond motifs is 1. The lowest BCUT2D eigenvalue weighted by molar-refractivity contribution is -0.277. The van der Waals surface area contributed by atoms with Crippen molar-refractivity contribution in [2.45, 2.75) is 30.7 Å². The number of hydrogen-bond acceptors (Lipinski definition) is 10. The average molecular weight is 407 g/mol. The highest BCUT2D eigenvalue weighted by Gasteiger charge is 2.44. The molecule has 148 valence electrons. The van der Waals surface area contributed by atoms with Crippen molar-refractivity contribution in [2.75, 3.05) is 6.61 Å². The van der Waals surface area contributed by atoms with Gasteiger partial charge in [0, 0.05) is 11.4 Å². The van der Waals surface area contributed by atoms with Crippen molar-refractivity contribution in [3.8, 4) is 17.0 Å². The number of aromatic nitrogens is 1. The van der Waals surface area contributed by atoms with Crippen LogP contribution >= 0.6 is 11.3 Å². The van der Waals surface area contributed by atoms with Crippen molar-refractivity contribution in [3.05, 3.63) is 45.6 Å². The zero-order valence-corrected chi connectivity index (χ0v) is 15.2. The Morgan fingerprint density at radius 2 is 2.00 bits per heavy atom. The fraction of sp³-hybridized carbons (Fsp3) is 0.333. The van der Waals surface area contributed by atoms with Gasteiger partial charge < -0.3 is 34.3 Å². The molecule has 4 N–H and O–H groups in total. The van der Waals surface area contributed by atoms with Gasteiger partial charge in [-0.2, -0.15) is 0 Å². The van der Waals surface area contributed by atoms with Crippen LogP contribution < -0.4 is 10.2 Å². The normalized spacial score (nSPS) is 27.8. The van der Waals surface area contributed by atoms with Crippen molar-refractivity contribution < 1.29 is 34.3 Å². The lowest BCUT2D eigenvalue weighted by Crippen LogP contribution is -2.60. The van der Waals surface area contributed by atoms with E-state index in [1.165, 1.54) is 35.8 Å². The Kier molecular flexibility index (Phi) is 5.15. The summed E-state index contributed by atoms with van der Waals surface area (Å²) in [5.41, 5.74) is 2.51. The minimum absolute atomic E-state index is 0.210. The van der Waals surface area contributed by atoms with Gasteiger partial charge in [-0.1, -0.05) is 0 Å². The highest BCUT2D eigenvalue weighted by Crippen LogP contribution is 2.27. The molecule has 2 aromatic heterocycles. The van der Waals surface area contributed by atoms with Gasteiger partial charge in [-0.15, -0.1) is 11.3 Å². The van der Waals surface area contributed by atoms with Crippen molar-refractivity contribution >= 4 is 22.3 Å². The molecule has 5 unspecified atom stereocenters. The molecular weight excluding hydrogens is 390 g/mol. The van der Waals surface area contributed by atoms with Gasteiger partial charge in [0.15, 0.2) is 0 Å². The molecule has 0 amide bonds. The molecule has 0 aliphatic carbocycles. The monoisotopic (exact) mass is 407 g/mol. The summed E-state index contributed by atoms with van der Waals surface area (Å²) in [5.74, 6) is 0.210. The summed E-state index contributed by atoms with van der Waals surface area (Å²) < 4.78 is 16.4. The van der Waals surface area contributed by atoms with Crippen LogP contribution in [0.4, 0.5) is 0 Å². The number of rotatable bonds is 4. The van der Waals surface area contributed by atoms with Crippen molar-refractivity contribution in [3.63, 3.8) is 0 Å². The maximum absolute atomic E-state index is 12.7. The highest BCUT2D eigenvalue weighted by atomic mass is 32.1. The van der Waals surface area contributed by atoms with E-state index in [4.69, 9.17) is 13.9 Å². The molecule has 9 nitrogen and oxygen atoms in total. The molecule has 0 bridgehead atoms. The predicted octanol–water partition coefficient (Wildman–Crippen LogP) is 0.0952. The summed E-state index contributed by atoms with van der Waals surface area (Å²) in [6.45, 7) is -0.559. The topological polar surface area (TPSA) is 142 Å². The standard InChI is InChI=1S/C18H17NO8S/c20-4-13-15(22)16(23)17(24)18(27-13)26-8-1-2-9-12(3-8)25-5-10(14(9)21)11-6-28-7-19-11/h1-3,5-7,13,15-18,20,22-24H,4H2. The van der Waals surface area contributed by atoms with Crippen LogP contribution in [-0.2, 0) is 4.74 Å². The van der Waals surface area contributed by atoms with Crippen LogP contribution in [0.15, 0.2) is 44.6 Å². The second kappa shape index (κ2) is 7.59. The molecular formula is C18H17NO8S. The SMILES string of the molecule is O=c1c(-c2cscn2)coc2cc(OC3OC(CO)C(O)C(O)C3O)ccc12. The Morgan fingerprint density at radius 1 is 1.18 bits per heavy atom. The van der Waals surface area contributed by atoms with E-state index in [9.17, 15) is 25.2 Å². The van der Waals surface area contributed by atoms with E-state index in [1.807, 2.05) is 0 Å². The molecule has 28 heavy (non-hydrogen) atoms. The minimum atomic E-state index is -1.55.